The van der Waals surface area contributed by atoms with E-state index in [9.17, 15) is 4.79 Å². The fraction of sp³-hybridized carbons (Fsp3) is 0. The van der Waals surface area contributed by atoms with Gasteiger partial charge in [0.15, 0.2) is 6.29 Å². The van der Waals surface area contributed by atoms with Gasteiger partial charge in [-0.1, -0.05) is 29.8 Å². The number of nitrogens with zero attached hydrogens (tertiary/aromatic N) is 3. The van der Waals surface area contributed by atoms with Gasteiger partial charge >= 0.3 is 0 Å². The third kappa shape index (κ3) is 1.67. The second-order valence-electron chi connectivity index (χ2n) is 3.79. The van der Waals surface area contributed by atoms with Crippen molar-refractivity contribution < 1.29 is 4.79 Å². The Balaban J connectivity index is 2.33. The highest BCUT2D eigenvalue weighted by Crippen LogP contribution is 2.23. The van der Waals surface area contributed by atoms with Crippen LogP contribution in [0.2, 0.25) is 5.15 Å². The number of hydrogen-bond acceptors (Lipinski definition) is 3. The molecule has 2 aromatic heterocycles. The molecule has 0 unspecified atom stereocenters. The average molecular weight is 258 g/mol. The van der Waals surface area contributed by atoms with Crippen molar-refractivity contribution in [3.63, 3.8) is 0 Å². The fourth-order valence-corrected chi connectivity index (χ4v) is 2.09. The highest BCUT2D eigenvalue weighted by Gasteiger charge is 2.09. The molecule has 5 heteroatoms. The van der Waals surface area contributed by atoms with Gasteiger partial charge in [0, 0.05) is 23.2 Å². The summed E-state index contributed by atoms with van der Waals surface area (Å²) in [6.45, 7) is 0. The summed E-state index contributed by atoms with van der Waals surface area (Å²) in [6.07, 6.45) is 3.98. The topological polar surface area (TPSA) is 47.8 Å². The van der Waals surface area contributed by atoms with E-state index in [1.807, 2.05) is 28.8 Å². The molecule has 3 rings (SSSR count). The smallest absolute Gasteiger partial charge is 0.152 e. The number of aromatic nitrogens is 3. The third-order valence-electron chi connectivity index (χ3n) is 2.74. The number of rotatable bonds is 2. The number of hydrogen-bond donors (Lipinski definition) is 0. The molecule has 0 aliphatic heterocycles. The Hall–Kier alpha value is -2.20. The Morgan fingerprint density at radius 3 is 2.83 bits per heavy atom. The minimum atomic E-state index is 0.366. The summed E-state index contributed by atoms with van der Waals surface area (Å²) in [5, 5.41) is 1.26. The number of halogens is 1. The van der Waals surface area contributed by atoms with Crippen molar-refractivity contribution in [3.8, 4) is 5.82 Å². The van der Waals surface area contributed by atoms with Crippen LogP contribution in [0.3, 0.4) is 0 Å². The van der Waals surface area contributed by atoms with Gasteiger partial charge in [0.2, 0.25) is 0 Å². The number of carbonyl (C=O) groups is 1. The highest BCUT2D eigenvalue weighted by molar-refractivity contribution is 6.29. The van der Waals surface area contributed by atoms with E-state index in [1.54, 1.807) is 12.3 Å². The molecule has 0 fully saturated rings. The van der Waals surface area contributed by atoms with Crippen molar-refractivity contribution in [2.24, 2.45) is 0 Å². The Labute approximate surface area is 108 Å². The van der Waals surface area contributed by atoms with Crippen molar-refractivity contribution in [1.82, 2.24) is 14.5 Å². The Morgan fingerprint density at radius 2 is 2.06 bits per heavy atom. The van der Waals surface area contributed by atoms with Gasteiger partial charge in [-0.3, -0.25) is 4.79 Å². The van der Waals surface area contributed by atoms with Gasteiger partial charge in [-0.2, -0.15) is 0 Å². The molecule has 4 nitrogen and oxygen atoms in total. The molecule has 0 saturated carbocycles. The molecule has 0 atom stereocenters. The predicted molar refractivity (Wildman–Crippen MR) is 69.3 cm³/mol. The van der Waals surface area contributed by atoms with E-state index in [0.29, 0.717) is 16.5 Å². The van der Waals surface area contributed by atoms with Crippen molar-refractivity contribution in [3.05, 3.63) is 53.6 Å². The fourth-order valence-electron chi connectivity index (χ4n) is 1.95. The molecule has 88 valence electrons. The number of carbonyl (C=O) groups excluding carboxylic acids is 1. The first-order chi connectivity index (χ1) is 8.79. The largest absolute Gasteiger partial charge is 0.300 e. The van der Waals surface area contributed by atoms with E-state index >= 15 is 0 Å². The van der Waals surface area contributed by atoms with Crippen LogP contribution in [0.5, 0.6) is 0 Å². The zero-order valence-corrected chi connectivity index (χ0v) is 10.0. The molecular formula is C13H8ClN3O. The van der Waals surface area contributed by atoms with Crippen LogP contribution in [-0.4, -0.2) is 20.8 Å². The van der Waals surface area contributed by atoms with Gasteiger partial charge in [0.25, 0.3) is 0 Å². The van der Waals surface area contributed by atoms with E-state index in [4.69, 9.17) is 11.6 Å². The van der Waals surface area contributed by atoms with Crippen molar-refractivity contribution in [1.29, 1.82) is 0 Å². The molecule has 18 heavy (non-hydrogen) atoms. The van der Waals surface area contributed by atoms with E-state index in [-0.39, 0.29) is 0 Å². The summed E-state index contributed by atoms with van der Waals surface area (Å²) in [7, 11) is 0. The second kappa shape index (κ2) is 4.23. The molecule has 3 aromatic rings. The van der Waals surface area contributed by atoms with Crippen molar-refractivity contribution in [2.75, 3.05) is 0 Å². The zero-order valence-electron chi connectivity index (χ0n) is 9.25. The van der Waals surface area contributed by atoms with Gasteiger partial charge in [-0.05, 0) is 6.07 Å². The first-order valence-corrected chi connectivity index (χ1v) is 5.70. The monoisotopic (exact) mass is 257 g/mol. The SMILES string of the molecule is O=Cc1cn(-c2cc(Cl)ncn2)c2ccccc12. The molecule has 0 saturated heterocycles. The molecule has 0 aliphatic carbocycles. The van der Waals surface area contributed by atoms with Crippen molar-refractivity contribution in [2.45, 2.75) is 0 Å². The molecule has 1 aromatic carbocycles. The van der Waals surface area contributed by atoms with Crippen LogP contribution < -0.4 is 0 Å². The molecule has 0 radical (unpaired) electrons. The Morgan fingerprint density at radius 1 is 1.22 bits per heavy atom. The molecule has 0 bridgehead atoms. The third-order valence-corrected chi connectivity index (χ3v) is 2.94. The lowest BCUT2D eigenvalue weighted by molar-refractivity contribution is 0.112. The lowest BCUT2D eigenvalue weighted by Gasteiger charge is -2.03. The maximum absolute atomic E-state index is 11.1. The number of aldehydes is 1. The minimum absolute atomic E-state index is 0.366. The molecular weight excluding hydrogens is 250 g/mol. The maximum Gasteiger partial charge on any atom is 0.152 e. The first-order valence-electron chi connectivity index (χ1n) is 5.33. The number of para-hydroxylation sites is 1. The number of benzene rings is 1. The summed E-state index contributed by atoms with van der Waals surface area (Å²) in [5.41, 5.74) is 1.54. The Kier molecular flexibility index (Phi) is 2.57. The van der Waals surface area contributed by atoms with Gasteiger partial charge < -0.3 is 4.57 Å². The lowest BCUT2D eigenvalue weighted by Crippen LogP contribution is -1.96. The van der Waals surface area contributed by atoms with E-state index in [2.05, 4.69) is 9.97 Å². The first kappa shape index (κ1) is 10.9. The normalized spacial score (nSPS) is 10.7. The highest BCUT2D eigenvalue weighted by atomic mass is 35.5. The molecule has 0 aliphatic rings. The van der Waals surface area contributed by atoms with Crippen LogP contribution in [-0.2, 0) is 0 Å². The van der Waals surface area contributed by atoms with Gasteiger partial charge in [-0.15, -0.1) is 0 Å². The summed E-state index contributed by atoms with van der Waals surface area (Å²) < 4.78 is 1.83. The van der Waals surface area contributed by atoms with Crippen LogP contribution in [0.4, 0.5) is 0 Å². The van der Waals surface area contributed by atoms with Gasteiger partial charge in [0.05, 0.1) is 5.52 Å². The summed E-state index contributed by atoms with van der Waals surface area (Å²) >= 11 is 5.85. The lowest BCUT2D eigenvalue weighted by atomic mass is 10.2. The molecule has 0 spiro atoms. The van der Waals surface area contributed by atoms with E-state index in [1.165, 1.54) is 6.33 Å². The molecule has 0 amide bonds. The zero-order chi connectivity index (χ0) is 12.5. The average Bonchev–Trinajstić information content (AvgIpc) is 2.77. The second-order valence-corrected chi connectivity index (χ2v) is 4.18. The van der Waals surface area contributed by atoms with Crippen LogP contribution >= 0.6 is 11.6 Å². The van der Waals surface area contributed by atoms with Crippen LogP contribution in [0, 0.1) is 0 Å². The summed E-state index contributed by atoms with van der Waals surface area (Å²) in [5.74, 6) is 0.638. The van der Waals surface area contributed by atoms with Crippen LogP contribution in [0.15, 0.2) is 42.9 Å². The summed E-state index contributed by atoms with van der Waals surface area (Å²) in [6, 6.07) is 9.29. The molecule has 0 N–H and O–H groups in total. The van der Waals surface area contributed by atoms with E-state index in [0.717, 1.165) is 17.2 Å². The quantitative estimate of drug-likeness (QED) is 0.524. The minimum Gasteiger partial charge on any atom is -0.300 e. The van der Waals surface area contributed by atoms with Crippen LogP contribution in [0.25, 0.3) is 16.7 Å². The number of fused-ring (bicyclic) bond motifs is 1. The van der Waals surface area contributed by atoms with Gasteiger partial charge in [-0.25, -0.2) is 9.97 Å². The predicted octanol–water partition coefficient (Wildman–Crippen LogP) is 2.89. The maximum atomic E-state index is 11.1. The van der Waals surface area contributed by atoms with Crippen molar-refractivity contribution >= 4 is 28.8 Å². The molecule has 2 heterocycles. The summed E-state index contributed by atoms with van der Waals surface area (Å²) in [4.78, 5) is 19.1. The van der Waals surface area contributed by atoms with E-state index < -0.39 is 0 Å². The Bertz CT molecular complexity index is 736. The van der Waals surface area contributed by atoms with Crippen LogP contribution in [0.1, 0.15) is 10.4 Å². The standard InChI is InChI=1S/C13H8ClN3O/c14-12-5-13(16-8-15-12)17-6-9(7-18)10-3-1-2-4-11(10)17/h1-8H. The van der Waals surface area contributed by atoms with Gasteiger partial charge in [0.1, 0.15) is 17.3 Å².